The molecule has 2 aliphatic rings. The SMILES string of the molecule is CN1CCC[C@@H]1[C@H]1CCCN1C(=O)c1cccnc1. The van der Waals surface area contributed by atoms with Crippen LogP contribution in [0.1, 0.15) is 36.0 Å². The van der Waals surface area contributed by atoms with Crippen molar-refractivity contribution in [2.45, 2.75) is 37.8 Å². The molecule has 102 valence electrons. The number of carbonyl (C=O) groups excluding carboxylic acids is 1. The molecular weight excluding hydrogens is 238 g/mol. The number of carbonyl (C=O) groups is 1. The Morgan fingerprint density at radius 3 is 2.74 bits per heavy atom. The highest BCUT2D eigenvalue weighted by molar-refractivity contribution is 5.94. The standard InChI is InChI=1S/C15H21N3O/c1-17-9-3-6-13(17)14-7-4-10-18(14)15(19)12-5-2-8-16-11-12/h2,5,8,11,13-14H,3-4,6-7,9-10H2,1H3/t13-,14-/m1/s1. The molecule has 0 bridgehead atoms. The minimum atomic E-state index is 0.149. The number of likely N-dealkylation sites (tertiary alicyclic amines) is 2. The number of hydrogen-bond donors (Lipinski definition) is 0. The second-order valence-corrected chi connectivity index (χ2v) is 5.64. The van der Waals surface area contributed by atoms with E-state index in [1.54, 1.807) is 12.4 Å². The van der Waals surface area contributed by atoms with Crippen LogP contribution in [0.5, 0.6) is 0 Å². The van der Waals surface area contributed by atoms with E-state index in [1.165, 1.54) is 12.8 Å². The predicted molar refractivity (Wildman–Crippen MR) is 73.9 cm³/mol. The van der Waals surface area contributed by atoms with Crippen molar-refractivity contribution in [3.05, 3.63) is 30.1 Å². The van der Waals surface area contributed by atoms with E-state index in [-0.39, 0.29) is 5.91 Å². The van der Waals surface area contributed by atoms with Crippen LogP contribution in [0.3, 0.4) is 0 Å². The summed E-state index contributed by atoms with van der Waals surface area (Å²) in [6.45, 7) is 2.05. The Bertz CT molecular complexity index is 448. The zero-order chi connectivity index (χ0) is 13.2. The van der Waals surface area contributed by atoms with Crippen molar-refractivity contribution in [3.8, 4) is 0 Å². The number of nitrogens with zero attached hydrogens (tertiary/aromatic N) is 3. The fourth-order valence-corrected chi connectivity index (χ4v) is 3.52. The molecular formula is C15H21N3O. The van der Waals surface area contributed by atoms with Gasteiger partial charge in [-0.1, -0.05) is 0 Å². The van der Waals surface area contributed by atoms with Crippen LogP contribution in [0.25, 0.3) is 0 Å². The molecule has 0 aromatic carbocycles. The third-order valence-corrected chi connectivity index (χ3v) is 4.49. The summed E-state index contributed by atoms with van der Waals surface area (Å²) in [6, 6.07) is 4.63. The van der Waals surface area contributed by atoms with E-state index in [1.807, 2.05) is 12.1 Å². The maximum atomic E-state index is 12.6. The van der Waals surface area contributed by atoms with E-state index in [2.05, 4.69) is 21.8 Å². The van der Waals surface area contributed by atoms with Gasteiger partial charge in [-0.25, -0.2) is 0 Å². The number of aromatic nitrogens is 1. The van der Waals surface area contributed by atoms with E-state index in [9.17, 15) is 4.79 Å². The Morgan fingerprint density at radius 1 is 1.26 bits per heavy atom. The Hall–Kier alpha value is -1.42. The maximum Gasteiger partial charge on any atom is 0.255 e. The third kappa shape index (κ3) is 2.37. The molecule has 0 spiro atoms. The molecule has 3 heterocycles. The van der Waals surface area contributed by atoms with Gasteiger partial charge in [0.2, 0.25) is 0 Å². The first kappa shape index (κ1) is 12.6. The van der Waals surface area contributed by atoms with Gasteiger partial charge in [0.15, 0.2) is 0 Å². The molecule has 0 N–H and O–H groups in total. The Balaban J connectivity index is 1.78. The lowest BCUT2D eigenvalue weighted by atomic mass is 10.0. The summed E-state index contributed by atoms with van der Waals surface area (Å²) >= 11 is 0. The third-order valence-electron chi connectivity index (χ3n) is 4.49. The first-order valence-corrected chi connectivity index (χ1v) is 7.18. The topological polar surface area (TPSA) is 36.4 Å². The predicted octanol–water partition coefficient (Wildman–Crippen LogP) is 1.78. The van der Waals surface area contributed by atoms with Crippen LogP contribution in [-0.2, 0) is 0 Å². The Labute approximate surface area is 114 Å². The number of pyridine rings is 1. The summed E-state index contributed by atoms with van der Waals surface area (Å²) in [6.07, 6.45) is 8.13. The number of rotatable bonds is 2. The van der Waals surface area contributed by atoms with Crippen LogP contribution in [-0.4, -0.2) is 52.9 Å². The van der Waals surface area contributed by atoms with E-state index in [0.29, 0.717) is 12.1 Å². The zero-order valence-electron chi connectivity index (χ0n) is 11.5. The molecule has 0 saturated carbocycles. The summed E-state index contributed by atoms with van der Waals surface area (Å²) in [5.41, 5.74) is 0.718. The molecule has 2 fully saturated rings. The minimum absolute atomic E-state index is 0.149. The quantitative estimate of drug-likeness (QED) is 0.812. The van der Waals surface area contributed by atoms with Crippen molar-refractivity contribution in [1.29, 1.82) is 0 Å². The molecule has 19 heavy (non-hydrogen) atoms. The number of likely N-dealkylation sites (N-methyl/N-ethyl adjacent to an activating group) is 1. The smallest absolute Gasteiger partial charge is 0.255 e. The highest BCUT2D eigenvalue weighted by Gasteiger charge is 2.38. The van der Waals surface area contributed by atoms with Crippen LogP contribution >= 0.6 is 0 Å². The van der Waals surface area contributed by atoms with Gasteiger partial charge in [-0.15, -0.1) is 0 Å². The van der Waals surface area contributed by atoms with E-state index < -0.39 is 0 Å². The molecule has 3 rings (SSSR count). The Morgan fingerprint density at radius 2 is 2.05 bits per heavy atom. The molecule has 1 aromatic heterocycles. The molecule has 0 radical (unpaired) electrons. The van der Waals surface area contributed by atoms with Crippen LogP contribution in [0.15, 0.2) is 24.5 Å². The van der Waals surface area contributed by atoms with Gasteiger partial charge in [0.05, 0.1) is 5.56 Å². The average Bonchev–Trinajstić information content (AvgIpc) is 3.07. The maximum absolute atomic E-state index is 12.6. The van der Waals surface area contributed by atoms with Gasteiger partial charge < -0.3 is 9.80 Å². The summed E-state index contributed by atoms with van der Waals surface area (Å²) in [5, 5.41) is 0. The van der Waals surface area contributed by atoms with Crippen LogP contribution in [0.4, 0.5) is 0 Å². The van der Waals surface area contributed by atoms with Crippen molar-refractivity contribution in [1.82, 2.24) is 14.8 Å². The van der Waals surface area contributed by atoms with Gasteiger partial charge in [0.1, 0.15) is 0 Å². The normalized spacial score (nSPS) is 27.9. The van der Waals surface area contributed by atoms with Gasteiger partial charge in [-0.2, -0.15) is 0 Å². The summed E-state index contributed by atoms with van der Waals surface area (Å²) < 4.78 is 0. The average molecular weight is 259 g/mol. The molecule has 0 aliphatic carbocycles. The largest absolute Gasteiger partial charge is 0.334 e. The van der Waals surface area contributed by atoms with Crippen LogP contribution in [0.2, 0.25) is 0 Å². The fraction of sp³-hybridized carbons (Fsp3) is 0.600. The first-order chi connectivity index (χ1) is 9.27. The Kier molecular flexibility index (Phi) is 3.51. The van der Waals surface area contributed by atoms with Crippen LogP contribution in [0, 0.1) is 0 Å². The van der Waals surface area contributed by atoms with E-state index >= 15 is 0 Å². The molecule has 2 aliphatic heterocycles. The van der Waals surface area contributed by atoms with Crippen molar-refractivity contribution < 1.29 is 4.79 Å². The molecule has 1 aromatic rings. The van der Waals surface area contributed by atoms with E-state index in [0.717, 1.165) is 31.5 Å². The summed E-state index contributed by atoms with van der Waals surface area (Å²) in [7, 11) is 2.18. The van der Waals surface area contributed by atoms with Crippen molar-refractivity contribution in [3.63, 3.8) is 0 Å². The zero-order valence-corrected chi connectivity index (χ0v) is 11.5. The molecule has 2 atom stereocenters. The summed E-state index contributed by atoms with van der Waals surface area (Å²) in [5.74, 6) is 0.149. The van der Waals surface area contributed by atoms with Gasteiger partial charge in [-0.3, -0.25) is 9.78 Å². The molecule has 1 amide bonds. The van der Waals surface area contributed by atoms with Crippen molar-refractivity contribution in [2.75, 3.05) is 20.1 Å². The highest BCUT2D eigenvalue weighted by atomic mass is 16.2. The number of hydrogen-bond acceptors (Lipinski definition) is 3. The fourth-order valence-electron chi connectivity index (χ4n) is 3.52. The summed E-state index contributed by atoms with van der Waals surface area (Å²) in [4.78, 5) is 21.1. The minimum Gasteiger partial charge on any atom is -0.334 e. The van der Waals surface area contributed by atoms with Crippen molar-refractivity contribution >= 4 is 5.91 Å². The second-order valence-electron chi connectivity index (χ2n) is 5.64. The van der Waals surface area contributed by atoms with Gasteiger partial charge >= 0.3 is 0 Å². The lowest BCUT2D eigenvalue weighted by molar-refractivity contribution is 0.0664. The first-order valence-electron chi connectivity index (χ1n) is 7.18. The lowest BCUT2D eigenvalue weighted by Gasteiger charge is -2.33. The van der Waals surface area contributed by atoms with Crippen molar-refractivity contribution in [2.24, 2.45) is 0 Å². The van der Waals surface area contributed by atoms with Crippen LogP contribution < -0.4 is 0 Å². The number of amides is 1. The van der Waals surface area contributed by atoms with Gasteiger partial charge in [0, 0.05) is 31.0 Å². The highest BCUT2D eigenvalue weighted by Crippen LogP contribution is 2.29. The molecule has 4 heteroatoms. The van der Waals surface area contributed by atoms with Gasteiger partial charge in [0.25, 0.3) is 5.91 Å². The molecule has 2 saturated heterocycles. The van der Waals surface area contributed by atoms with E-state index in [4.69, 9.17) is 0 Å². The van der Waals surface area contributed by atoms with Gasteiger partial charge in [-0.05, 0) is 51.4 Å². The molecule has 0 unspecified atom stereocenters. The monoisotopic (exact) mass is 259 g/mol. The molecule has 4 nitrogen and oxygen atoms in total. The lowest BCUT2D eigenvalue weighted by Crippen LogP contribution is -2.47. The second kappa shape index (κ2) is 5.29.